The van der Waals surface area contributed by atoms with Crippen molar-refractivity contribution in [2.75, 3.05) is 0 Å². The Bertz CT molecular complexity index is 3860. The van der Waals surface area contributed by atoms with Crippen LogP contribution in [0.5, 0.6) is 0 Å². The smallest absolute Gasteiger partial charge is 0.162 e. The van der Waals surface area contributed by atoms with E-state index in [9.17, 15) is 0 Å². The van der Waals surface area contributed by atoms with Crippen LogP contribution in [0.25, 0.3) is 125 Å². The Labute approximate surface area is 341 Å². The quantitative estimate of drug-likeness (QED) is 0.179. The summed E-state index contributed by atoms with van der Waals surface area (Å²) in [5, 5.41) is 11.6. The lowest BCUT2D eigenvalue weighted by Crippen LogP contribution is -1.95. The normalized spacial score (nSPS) is 12.1. The third-order valence-electron chi connectivity index (χ3n) is 12.0. The number of furan rings is 1. The Kier molecular flexibility index (Phi) is 6.85. The Hall–Kier alpha value is -7.60. The van der Waals surface area contributed by atoms with E-state index in [1.54, 1.807) is 11.3 Å². The number of thiophene rings is 1. The second-order valence-electron chi connectivity index (χ2n) is 15.3. The molecule has 0 aliphatic heterocycles. The molecule has 0 saturated heterocycles. The first-order valence-corrected chi connectivity index (χ1v) is 20.7. The van der Waals surface area contributed by atoms with Crippen molar-refractivity contribution in [3.05, 3.63) is 188 Å². The predicted octanol–water partition coefficient (Wildman–Crippen LogP) is 15.1. The van der Waals surface area contributed by atoms with Gasteiger partial charge in [-0.15, -0.1) is 11.3 Å². The van der Waals surface area contributed by atoms with Crippen LogP contribution < -0.4 is 0 Å². The molecular formula is C54H31N3OS. The fourth-order valence-electron chi connectivity index (χ4n) is 9.39. The molecule has 5 heteroatoms. The van der Waals surface area contributed by atoms with Crippen LogP contribution in [0.2, 0.25) is 0 Å². The predicted molar refractivity (Wildman–Crippen MR) is 248 cm³/mol. The molecule has 0 aliphatic carbocycles. The summed E-state index contributed by atoms with van der Waals surface area (Å²) >= 11 is 1.72. The topological polar surface area (TPSA) is 43.9 Å². The molecule has 0 N–H and O–H groups in total. The summed E-state index contributed by atoms with van der Waals surface area (Å²) in [5.74, 6) is 0.682. The van der Waals surface area contributed by atoms with E-state index in [0.717, 1.165) is 65.7 Å². The average molecular weight is 770 g/mol. The Morgan fingerprint density at radius 1 is 0.424 bits per heavy atom. The summed E-state index contributed by atoms with van der Waals surface area (Å²) < 4.78 is 10.2. The van der Waals surface area contributed by atoms with E-state index in [1.807, 2.05) is 0 Å². The molecule has 4 aromatic heterocycles. The first-order chi connectivity index (χ1) is 29.2. The zero-order chi connectivity index (χ0) is 38.6. The Morgan fingerprint density at radius 2 is 1.19 bits per heavy atom. The first kappa shape index (κ1) is 32.5. The molecule has 274 valence electrons. The van der Waals surface area contributed by atoms with Crippen LogP contribution in [0.15, 0.2) is 192 Å². The van der Waals surface area contributed by atoms with E-state index in [0.29, 0.717) is 5.82 Å². The lowest BCUT2D eigenvalue weighted by atomic mass is 9.95. The third-order valence-corrected chi connectivity index (χ3v) is 13.1. The summed E-state index contributed by atoms with van der Waals surface area (Å²) in [5.41, 5.74) is 10.4. The van der Waals surface area contributed by atoms with Crippen LogP contribution in [0.1, 0.15) is 0 Å². The van der Waals surface area contributed by atoms with Crippen molar-refractivity contribution in [2.24, 2.45) is 0 Å². The maximum atomic E-state index is 6.63. The van der Waals surface area contributed by atoms with Crippen LogP contribution in [-0.2, 0) is 0 Å². The molecule has 9 aromatic carbocycles. The van der Waals surface area contributed by atoms with E-state index < -0.39 is 0 Å². The standard InChI is InChI=1S/C54H31N3OS/c1-2-14-33(15-3-1)42-31-45-49(38-18-7-6-17-37(38)42)39-19-8-10-22-44(39)57(45)36-27-28-46-43(30-36)50-41(21-12-23-47(50)58-46)53-55-52(35-26-25-32-13-4-5-16-34(32)29-35)51-40-20-9-11-24-48(40)59-54(51)56-53/h1-31H. The highest BCUT2D eigenvalue weighted by Gasteiger charge is 2.22. The SMILES string of the molecule is c1ccc(-c2cc3c(c4ccccc24)c2ccccc2n3-c2ccc3oc4cccc(-c5nc(-c6ccc7ccccc7c6)c6c(n5)sc5ccccc56)c4c3c2)cc1. The second-order valence-corrected chi connectivity index (χ2v) is 16.3. The molecule has 0 spiro atoms. The van der Waals surface area contributed by atoms with Crippen molar-refractivity contribution in [3.63, 3.8) is 0 Å². The number of aromatic nitrogens is 3. The van der Waals surface area contributed by atoms with Gasteiger partial charge in [-0.1, -0.05) is 140 Å². The van der Waals surface area contributed by atoms with Crippen LogP contribution in [0, 0.1) is 0 Å². The van der Waals surface area contributed by atoms with Crippen molar-refractivity contribution < 1.29 is 4.42 Å². The summed E-state index contributed by atoms with van der Waals surface area (Å²) in [4.78, 5) is 11.8. The van der Waals surface area contributed by atoms with E-state index in [1.165, 1.54) is 53.5 Å². The van der Waals surface area contributed by atoms with Crippen LogP contribution in [0.3, 0.4) is 0 Å². The van der Waals surface area contributed by atoms with Crippen LogP contribution in [0.4, 0.5) is 0 Å². The lowest BCUT2D eigenvalue weighted by molar-refractivity contribution is 0.669. The molecule has 0 saturated carbocycles. The second kappa shape index (κ2) is 12.4. The summed E-state index contributed by atoms with van der Waals surface area (Å²) in [6, 6.07) is 67.2. The average Bonchev–Trinajstić information content (AvgIpc) is 3.98. The molecule has 0 atom stereocenters. The third kappa shape index (κ3) is 4.83. The van der Waals surface area contributed by atoms with Crippen LogP contribution in [-0.4, -0.2) is 14.5 Å². The minimum absolute atomic E-state index is 0.682. The largest absolute Gasteiger partial charge is 0.456 e. The molecule has 0 aliphatic rings. The maximum absolute atomic E-state index is 6.63. The number of fused-ring (bicyclic) bond motifs is 12. The van der Waals surface area contributed by atoms with Gasteiger partial charge >= 0.3 is 0 Å². The summed E-state index contributed by atoms with van der Waals surface area (Å²) in [7, 11) is 0. The van der Waals surface area contributed by atoms with Crippen molar-refractivity contribution in [1.29, 1.82) is 0 Å². The monoisotopic (exact) mass is 769 g/mol. The minimum Gasteiger partial charge on any atom is -0.456 e. The van der Waals surface area contributed by atoms with Gasteiger partial charge in [0.1, 0.15) is 16.0 Å². The Morgan fingerprint density at radius 3 is 2.08 bits per heavy atom. The number of benzene rings is 9. The fraction of sp³-hybridized carbons (Fsp3) is 0. The molecule has 0 amide bonds. The molecule has 4 heterocycles. The van der Waals surface area contributed by atoms with Gasteiger partial charge in [-0.3, -0.25) is 0 Å². The maximum Gasteiger partial charge on any atom is 0.162 e. The van der Waals surface area contributed by atoms with Gasteiger partial charge in [0.25, 0.3) is 0 Å². The van der Waals surface area contributed by atoms with E-state index in [4.69, 9.17) is 14.4 Å². The molecular weight excluding hydrogens is 739 g/mol. The molecule has 0 bridgehead atoms. The molecule has 13 rings (SSSR count). The molecule has 0 unspecified atom stereocenters. The number of nitrogens with zero attached hydrogens (tertiary/aromatic N) is 3. The van der Waals surface area contributed by atoms with Crippen molar-refractivity contribution in [3.8, 4) is 39.5 Å². The molecule has 4 nitrogen and oxygen atoms in total. The van der Waals surface area contributed by atoms with Gasteiger partial charge in [-0.05, 0) is 81.2 Å². The van der Waals surface area contributed by atoms with Crippen molar-refractivity contribution in [1.82, 2.24) is 14.5 Å². The number of hydrogen-bond acceptors (Lipinski definition) is 4. The van der Waals surface area contributed by atoms with E-state index >= 15 is 0 Å². The first-order valence-electron chi connectivity index (χ1n) is 19.9. The summed E-state index contributed by atoms with van der Waals surface area (Å²) in [6.45, 7) is 0. The highest BCUT2D eigenvalue weighted by Crippen LogP contribution is 2.45. The van der Waals surface area contributed by atoms with Gasteiger partial charge in [-0.2, -0.15) is 0 Å². The van der Waals surface area contributed by atoms with Gasteiger partial charge in [0.15, 0.2) is 5.82 Å². The number of rotatable bonds is 4. The van der Waals surface area contributed by atoms with Crippen molar-refractivity contribution in [2.45, 2.75) is 0 Å². The minimum atomic E-state index is 0.682. The summed E-state index contributed by atoms with van der Waals surface area (Å²) in [6.07, 6.45) is 0. The van der Waals surface area contributed by atoms with Crippen molar-refractivity contribution >= 4 is 96.9 Å². The zero-order valence-electron chi connectivity index (χ0n) is 31.6. The zero-order valence-corrected chi connectivity index (χ0v) is 32.4. The van der Waals surface area contributed by atoms with Gasteiger partial charge in [0.05, 0.1) is 16.7 Å². The fourth-order valence-corrected chi connectivity index (χ4v) is 10.5. The van der Waals surface area contributed by atoms with Gasteiger partial charge < -0.3 is 8.98 Å². The molecule has 13 aromatic rings. The highest BCUT2D eigenvalue weighted by atomic mass is 32.1. The molecule has 59 heavy (non-hydrogen) atoms. The van der Waals surface area contributed by atoms with Gasteiger partial charge in [0, 0.05) is 53.8 Å². The van der Waals surface area contributed by atoms with E-state index in [-0.39, 0.29) is 0 Å². The van der Waals surface area contributed by atoms with E-state index in [2.05, 4.69) is 193 Å². The Balaban J connectivity index is 1.08. The number of para-hydroxylation sites is 1. The molecule has 0 fully saturated rings. The van der Waals surface area contributed by atoms with Crippen LogP contribution >= 0.6 is 11.3 Å². The lowest BCUT2D eigenvalue weighted by Gasteiger charge is -2.12. The van der Waals surface area contributed by atoms with Gasteiger partial charge in [0.2, 0.25) is 0 Å². The highest BCUT2D eigenvalue weighted by molar-refractivity contribution is 7.25. The van der Waals surface area contributed by atoms with Gasteiger partial charge in [-0.25, -0.2) is 9.97 Å². The number of hydrogen-bond donors (Lipinski definition) is 0. The molecule has 0 radical (unpaired) electrons.